The van der Waals surface area contributed by atoms with E-state index in [1.165, 1.54) is 11.8 Å². The molecule has 3 aromatic heterocycles. The normalized spacial score (nSPS) is 16.8. The Morgan fingerprint density at radius 3 is 2.86 bits per heavy atom. The fraction of sp³-hybridized carbons (Fsp3) is 0.368. The van der Waals surface area contributed by atoms with Gasteiger partial charge in [-0.15, -0.1) is 21.5 Å². The van der Waals surface area contributed by atoms with Crippen LogP contribution in [0.15, 0.2) is 50.6 Å². The third-order valence-electron chi connectivity index (χ3n) is 4.55. The van der Waals surface area contributed by atoms with Crippen LogP contribution >= 0.6 is 23.1 Å². The molecule has 7 nitrogen and oxygen atoms in total. The number of hydrazone groups is 1. The maximum atomic E-state index is 13.0. The average Bonchev–Trinajstić information content (AvgIpc) is 3.45. The molecular weight excluding hydrogens is 394 g/mol. The number of thioether (sulfide) groups is 1. The van der Waals surface area contributed by atoms with Crippen molar-refractivity contribution in [2.24, 2.45) is 12.1 Å². The smallest absolute Gasteiger partial charge is 0.253 e. The van der Waals surface area contributed by atoms with Crippen molar-refractivity contribution in [3.05, 3.63) is 52.4 Å². The maximum Gasteiger partial charge on any atom is 0.253 e. The molecule has 0 saturated heterocycles. The summed E-state index contributed by atoms with van der Waals surface area (Å²) >= 11 is 3.02. The lowest BCUT2D eigenvalue weighted by Crippen LogP contribution is -2.28. The molecule has 0 N–H and O–H groups in total. The topological polar surface area (TPSA) is 76.5 Å². The average molecular weight is 416 g/mol. The summed E-state index contributed by atoms with van der Waals surface area (Å²) < 4.78 is 7.43. The van der Waals surface area contributed by atoms with Gasteiger partial charge in [-0.25, -0.2) is 5.01 Å². The second-order valence-corrected chi connectivity index (χ2v) is 8.76. The predicted octanol–water partition coefficient (Wildman–Crippen LogP) is 4.06. The summed E-state index contributed by atoms with van der Waals surface area (Å²) in [6, 6.07) is 7.65. The molecule has 4 rings (SSSR count). The minimum atomic E-state index is -0.0982. The molecule has 1 aliphatic rings. The third-order valence-corrected chi connectivity index (χ3v) is 6.53. The molecule has 1 amide bonds. The van der Waals surface area contributed by atoms with Crippen LogP contribution in [-0.4, -0.2) is 37.1 Å². The van der Waals surface area contributed by atoms with Crippen molar-refractivity contribution in [1.82, 2.24) is 19.8 Å². The van der Waals surface area contributed by atoms with Gasteiger partial charge in [0.15, 0.2) is 5.16 Å². The van der Waals surface area contributed by atoms with Gasteiger partial charge >= 0.3 is 0 Å². The molecule has 3 aromatic rings. The SMILES string of the molecule is CC(C)c1nnc(SCC(=O)N2N=C(c3ccco3)CC2c2cccs2)n1C. The summed E-state index contributed by atoms with van der Waals surface area (Å²) in [7, 11) is 1.93. The van der Waals surface area contributed by atoms with Crippen LogP contribution in [0.2, 0.25) is 0 Å². The van der Waals surface area contributed by atoms with Crippen LogP contribution in [0.25, 0.3) is 0 Å². The highest BCUT2D eigenvalue weighted by Crippen LogP contribution is 2.36. The maximum absolute atomic E-state index is 13.0. The Morgan fingerprint density at radius 2 is 2.21 bits per heavy atom. The number of nitrogens with zero attached hydrogens (tertiary/aromatic N) is 5. The van der Waals surface area contributed by atoms with Crippen LogP contribution in [0.4, 0.5) is 0 Å². The monoisotopic (exact) mass is 415 g/mol. The van der Waals surface area contributed by atoms with E-state index in [1.54, 1.807) is 22.6 Å². The second kappa shape index (κ2) is 7.92. The van der Waals surface area contributed by atoms with Crippen molar-refractivity contribution >= 4 is 34.7 Å². The van der Waals surface area contributed by atoms with Gasteiger partial charge in [-0.1, -0.05) is 31.7 Å². The number of aromatic nitrogens is 3. The van der Waals surface area contributed by atoms with Gasteiger partial charge in [0.05, 0.1) is 18.1 Å². The summed E-state index contributed by atoms with van der Waals surface area (Å²) in [5, 5.41) is 17.4. The number of hydrogen-bond donors (Lipinski definition) is 0. The summed E-state index contributed by atoms with van der Waals surface area (Å²) in [6.07, 6.45) is 2.27. The number of amides is 1. The zero-order valence-electron chi connectivity index (χ0n) is 15.9. The van der Waals surface area contributed by atoms with Crippen molar-refractivity contribution in [1.29, 1.82) is 0 Å². The largest absolute Gasteiger partial charge is 0.463 e. The van der Waals surface area contributed by atoms with Gasteiger partial charge in [-0.2, -0.15) is 5.10 Å². The standard InChI is InChI=1S/C19H21N5O2S2/c1-12(2)18-20-21-19(23(18)3)28-11-17(25)24-14(16-7-5-9-27-16)10-13(22-24)15-6-4-8-26-15/h4-9,12,14H,10-11H2,1-3H3. The number of hydrogen-bond acceptors (Lipinski definition) is 7. The van der Waals surface area contributed by atoms with Gasteiger partial charge in [-0.3, -0.25) is 4.79 Å². The zero-order chi connectivity index (χ0) is 19.7. The Bertz CT molecular complexity index is 976. The summed E-state index contributed by atoms with van der Waals surface area (Å²) in [4.78, 5) is 14.1. The molecule has 9 heteroatoms. The molecule has 0 radical (unpaired) electrons. The molecule has 1 atom stereocenters. The zero-order valence-corrected chi connectivity index (χ0v) is 17.5. The van der Waals surface area contributed by atoms with Crippen LogP contribution < -0.4 is 0 Å². The van der Waals surface area contributed by atoms with Crippen LogP contribution in [0.5, 0.6) is 0 Å². The predicted molar refractivity (Wildman–Crippen MR) is 110 cm³/mol. The van der Waals surface area contributed by atoms with Crippen LogP contribution in [0.3, 0.4) is 0 Å². The third kappa shape index (κ3) is 3.64. The molecule has 0 fully saturated rings. The molecule has 1 aliphatic heterocycles. The molecular formula is C19H21N5O2S2. The number of furan rings is 1. The summed E-state index contributed by atoms with van der Waals surface area (Å²) in [5.41, 5.74) is 0.794. The van der Waals surface area contributed by atoms with E-state index in [4.69, 9.17) is 4.42 Å². The first-order chi connectivity index (χ1) is 13.5. The van der Waals surface area contributed by atoms with E-state index in [-0.39, 0.29) is 23.6 Å². The fourth-order valence-electron chi connectivity index (χ4n) is 3.18. The molecule has 0 aliphatic carbocycles. The quantitative estimate of drug-likeness (QED) is 0.568. The molecule has 0 bridgehead atoms. The Balaban J connectivity index is 1.52. The van der Waals surface area contributed by atoms with Gasteiger partial charge in [-0.05, 0) is 23.6 Å². The molecule has 0 aromatic carbocycles. The number of carbonyl (C=O) groups is 1. The minimum absolute atomic E-state index is 0.0564. The van der Waals surface area contributed by atoms with E-state index >= 15 is 0 Å². The lowest BCUT2D eigenvalue weighted by atomic mass is 10.1. The highest BCUT2D eigenvalue weighted by molar-refractivity contribution is 7.99. The highest BCUT2D eigenvalue weighted by atomic mass is 32.2. The van der Waals surface area contributed by atoms with Crippen molar-refractivity contribution < 1.29 is 9.21 Å². The van der Waals surface area contributed by atoms with Crippen LogP contribution in [0.1, 0.15) is 48.7 Å². The van der Waals surface area contributed by atoms with Gasteiger partial charge in [0.2, 0.25) is 0 Å². The number of rotatable bonds is 6. The van der Waals surface area contributed by atoms with Gasteiger partial charge in [0.1, 0.15) is 17.3 Å². The van der Waals surface area contributed by atoms with Gasteiger partial charge in [0.25, 0.3) is 5.91 Å². The molecule has 0 saturated carbocycles. The molecule has 28 heavy (non-hydrogen) atoms. The first-order valence-corrected chi connectivity index (χ1v) is 10.9. The molecule has 4 heterocycles. The Hall–Kier alpha value is -2.39. The number of thiophene rings is 1. The lowest BCUT2D eigenvalue weighted by molar-refractivity contribution is -0.130. The van der Waals surface area contributed by atoms with Gasteiger partial charge in [0, 0.05) is 24.3 Å². The van der Waals surface area contributed by atoms with E-state index in [2.05, 4.69) is 29.1 Å². The van der Waals surface area contributed by atoms with Crippen LogP contribution in [0, 0.1) is 0 Å². The van der Waals surface area contributed by atoms with Crippen molar-refractivity contribution in [3.8, 4) is 0 Å². The Labute approximate surface area is 171 Å². The Kier molecular flexibility index (Phi) is 5.36. The highest BCUT2D eigenvalue weighted by Gasteiger charge is 2.34. The van der Waals surface area contributed by atoms with Crippen molar-refractivity contribution in [2.75, 3.05) is 5.75 Å². The molecule has 1 unspecified atom stereocenters. The van der Waals surface area contributed by atoms with E-state index in [1.807, 2.05) is 41.3 Å². The minimum Gasteiger partial charge on any atom is -0.463 e. The first kappa shape index (κ1) is 18.9. The summed E-state index contributed by atoms with van der Waals surface area (Å²) in [5.74, 6) is 2.09. The first-order valence-electron chi connectivity index (χ1n) is 9.03. The second-order valence-electron chi connectivity index (χ2n) is 6.84. The van der Waals surface area contributed by atoms with Crippen LogP contribution in [-0.2, 0) is 11.8 Å². The lowest BCUT2D eigenvalue weighted by Gasteiger charge is -2.20. The van der Waals surface area contributed by atoms with E-state index in [0.29, 0.717) is 12.2 Å². The summed E-state index contributed by atoms with van der Waals surface area (Å²) in [6.45, 7) is 4.15. The fourth-order valence-corrected chi connectivity index (χ4v) is 4.76. The van der Waals surface area contributed by atoms with Crippen molar-refractivity contribution in [2.45, 2.75) is 37.4 Å². The van der Waals surface area contributed by atoms with Gasteiger partial charge < -0.3 is 8.98 Å². The number of carbonyl (C=O) groups excluding carboxylic acids is 1. The Morgan fingerprint density at radius 1 is 1.36 bits per heavy atom. The molecule has 0 spiro atoms. The van der Waals surface area contributed by atoms with E-state index in [0.717, 1.165) is 21.6 Å². The van der Waals surface area contributed by atoms with Crippen molar-refractivity contribution in [3.63, 3.8) is 0 Å². The van der Waals surface area contributed by atoms with E-state index in [9.17, 15) is 4.79 Å². The van der Waals surface area contributed by atoms with E-state index < -0.39 is 0 Å². The molecule has 146 valence electrons.